The number of fused-ring (bicyclic) bond motifs is 1. The van der Waals surface area contributed by atoms with Gasteiger partial charge in [-0.15, -0.1) is 0 Å². The van der Waals surface area contributed by atoms with Crippen LogP contribution in [0, 0.1) is 0 Å². The van der Waals surface area contributed by atoms with Crippen molar-refractivity contribution in [1.29, 1.82) is 0 Å². The van der Waals surface area contributed by atoms with Gasteiger partial charge in [-0.3, -0.25) is 9.69 Å². The van der Waals surface area contributed by atoms with Gasteiger partial charge in [-0.25, -0.2) is 9.79 Å². The number of nitrogens with one attached hydrogen (secondary N) is 1. The van der Waals surface area contributed by atoms with E-state index in [1.807, 2.05) is 6.07 Å². The Labute approximate surface area is 139 Å². The molecule has 1 aromatic rings. The maximum absolute atomic E-state index is 12.2. The first-order valence-electron chi connectivity index (χ1n) is 7.58. The van der Waals surface area contributed by atoms with E-state index in [0.717, 1.165) is 11.8 Å². The number of carbonyl (C=O) groups excluding carboxylic acids is 2. The van der Waals surface area contributed by atoms with Gasteiger partial charge in [0.2, 0.25) is 0 Å². The average molecular weight is 330 g/mol. The number of ether oxygens (including phenoxy) is 2. The fraction of sp³-hybridized carbons (Fsp3) is 0.375. The standard InChI is InChI=1S/C16H18N4O4/c1-23-5-6-24-15-17-8-13-14(19-15)20(16(22)18-13)9-11-3-2-4-12(7-11)10-21/h2-4,7,10,13H,5-6,8-9H2,1H3,(H,18,22). The molecule has 8 heteroatoms. The van der Waals surface area contributed by atoms with E-state index in [4.69, 9.17) is 9.47 Å². The second-order valence-electron chi connectivity index (χ2n) is 5.39. The predicted octanol–water partition coefficient (Wildman–Crippen LogP) is 0.824. The van der Waals surface area contributed by atoms with Gasteiger partial charge in [0.15, 0.2) is 0 Å². The highest BCUT2D eigenvalue weighted by molar-refractivity contribution is 6.11. The molecule has 0 bridgehead atoms. The maximum atomic E-state index is 12.2. The molecular formula is C16H18N4O4. The summed E-state index contributed by atoms with van der Waals surface area (Å²) >= 11 is 0. The zero-order chi connectivity index (χ0) is 16.9. The van der Waals surface area contributed by atoms with E-state index in [1.165, 1.54) is 0 Å². The summed E-state index contributed by atoms with van der Waals surface area (Å²) in [4.78, 5) is 33.2. The van der Waals surface area contributed by atoms with Crippen molar-refractivity contribution in [3.63, 3.8) is 0 Å². The van der Waals surface area contributed by atoms with Gasteiger partial charge in [-0.05, 0) is 11.6 Å². The molecule has 1 atom stereocenters. The highest BCUT2D eigenvalue weighted by Gasteiger charge is 2.38. The molecule has 0 saturated carbocycles. The zero-order valence-electron chi connectivity index (χ0n) is 13.3. The van der Waals surface area contributed by atoms with Crippen LogP contribution in [0.25, 0.3) is 0 Å². The minimum atomic E-state index is -0.249. The number of amides is 2. The highest BCUT2D eigenvalue weighted by Crippen LogP contribution is 2.17. The average Bonchev–Trinajstić information content (AvgIpc) is 2.91. The third-order valence-electron chi connectivity index (χ3n) is 3.70. The lowest BCUT2D eigenvalue weighted by molar-refractivity contribution is 0.112. The molecule has 0 radical (unpaired) electrons. The summed E-state index contributed by atoms with van der Waals surface area (Å²) in [7, 11) is 1.59. The molecular weight excluding hydrogens is 312 g/mol. The fourth-order valence-corrected chi connectivity index (χ4v) is 2.55. The predicted molar refractivity (Wildman–Crippen MR) is 87.3 cm³/mol. The normalized spacial score (nSPS) is 19.3. The van der Waals surface area contributed by atoms with Gasteiger partial charge >= 0.3 is 12.1 Å². The van der Waals surface area contributed by atoms with E-state index in [0.29, 0.717) is 37.7 Å². The summed E-state index contributed by atoms with van der Waals surface area (Å²) < 4.78 is 10.4. The first-order chi connectivity index (χ1) is 11.7. The lowest BCUT2D eigenvalue weighted by Gasteiger charge is -2.20. The van der Waals surface area contributed by atoms with Gasteiger partial charge in [-0.1, -0.05) is 18.2 Å². The Bertz CT molecular complexity index is 701. The lowest BCUT2D eigenvalue weighted by atomic mass is 10.1. The molecule has 1 fully saturated rings. The van der Waals surface area contributed by atoms with Gasteiger partial charge in [0.05, 0.1) is 19.7 Å². The molecule has 8 nitrogen and oxygen atoms in total. The van der Waals surface area contributed by atoms with Crippen LogP contribution in [-0.4, -0.2) is 62.0 Å². The van der Waals surface area contributed by atoms with E-state index in [9.17, 15) is 9.59 Å². The Morgan fingerprint density at radius 3 is 3.08 bits per heavy atom. The smallest absolute Gasteiger partial charge is 0.323 e. The summed E-state index contributed by atoms with van der Waals surface area (Å²) in [6, 6.07) is 6.89. The van der Waals surface area contributed by atoms with Gasteiger partial charge in [0.1, 0.15) is 24.8 Å². The Hall–Kier alpha value is -2.74. The van der Waals surface area contributed by atoms with Crippen LogP contribution in [0.5, 0.6) is 0 Å². The molecule has 2 aliphatic rings. The van der Waals surface area contributed by atoms with Crippen molar-refractivity contribution in [3.8, 4) is 0 Å². The lowest BCUT2D eigenvalue weighted by Crippen LogP contribution is -2.37. The number of benzene rings is 1. The summed E-state index contributed by atoms with van der Waals surface area (Å²) in [6.07, 6.45) is 0.781. The Kier molecular flexibility index (Phi) is 4.85. The molecule has 0 aromatic heterocycles. The first kappa shape index (κ1) is 16.1. The van der Waals surface area contributed by atoms with Crippen molar-refractivity contribution in [2.45, 2.75) is 12.6 Å². The quantitative estimate of drug-likeness (QED) is 0.617. The van der Waals surface area contributed by atoms with Crippen LogP contribution in [0.15, 0.2) is 34.3 Å². The molecule has 1 unspecified atom stereocenters. The summed E-state index contributed by atoms with van der Waals surface area (Å²) in [5, 5.41) is 2.84. The van der Waals surface area contributed by atoms with Crippen LogP contribution < -0.4 is 5.32 Å². The molecule has 1 saturated heterocycles. The van der Waals surface area contributed by atoms with Crippen molar-refractivity contribution in [2.24, 2.45) is 9.98 Å². The highest BCUT2D eigenvalue weighted by atomic mass is 16.5. The van der Waals surface area contributed by atoms with Gasteiger partial charge < -0.3 is 14.8 Å². The second kappa shape index (κ2) is 7.22. The topological polar surface area (TPSA) is 92.6 Å². The number of aldehydes is 1. The summed E-state index contributed by atoms with van der Waals surface area (Å²) in [5.41, 5.74) is 1.42. The van der Waals surface area contributed by atoms with Crippen LogP contribution >= 0.6 is 0 Å². The number of hydrogen-bond acceptors (Lipinski definition) is 6. The molecule has 2 amide bonds. The third-order valence-corrected chi connectivity index (χ3v) is 3.70. The Morgan fingerprint density at radius 2 is 2.29 bits per heavy atom. The minimum absolute atomic E-state index is 0.233. The molecule has 1 aromatic carbocycles. The number of carbonyl (C=O) groups is 2. The van der Waals surface area contributed by atoms with Gasteiger partial charge in [-0.2, -0.15) is 4.99 Å². The van der Waals surface area contributed by atoms with E-state index < -0.39 is 0 Å². The number of nitrogens with zero attached hydrogens (tertiary/aromatic N) is 3. The second-order valence-corrected chi connectivity index (χ2v) is 5.39. The molecule has 3 rings (SSSR count). The number of hydrogen-bond donors (Lipinski definition) is 1. The van der Waals surface area contributed by atoms with E-state index >= 15 is 0 Å². The molecule has 126 valence electrons. The Balaban J connectivity index is 1.75. The first-order valence-corrected chi connectivity index (χ1v) is 7.58. The van der Waals surface area contributed by atoms with Crippen LogP contribution in [0.4, 0.5) is 4.79 Å². The summed E-state index contributed by atoms with van der Waals surface area (Å²) in [5.74, 6) is 0.582. The van der Waals surface area contributed by atoms with Crippen molar-refractivity contribution in [2.75, 3.05) is 26.9 Å². The van der Waals surface area contributed by atoms with Crippen LogP contribution in [0.3, 0.4) is 0 Å². The number of methoxy groups -OCH3 is 1. The zero-order valence-corrected chi connectivity index (χ0v) is 13.3. The molecule has 2 heterocycles. The van der Waals surface area contributed by atoms with E-state index in [-0.39, 0.29) is 18.1 Å². The third kappa shape index (κ3) is 3.43. The number of rotatable bonds is 6. The van der Waals surface area contributed by atoms with Gasteiger partial charge in [0.25, 0.3) is 0 Å². The van der Waals surface area contributed by atoms with E-state index in [1.54, 1.807) is 30.2 Å². The van der Waals surface area contributed by atoms with Crippen LogP contribution in [-0.2, 0) is 16.0 Å². The SMILES string of the molecule is COCCOC1=NCC2NC(=O)N(Cc3cccc(C=O)c3)C2=N1. The number of amidine groups is 2. The van der Waals surface area contributed by atoms with Crippen molar-refractivity contribution in [1.82, 2.24) is 10.2 Å². The number of urea groups is 1. The maximum Gasteiger partial charge on any atom is 0.323 e. The van der Waals surface area contributed by atoms with Crippen LogP contribution in [0.1, 0.15) is 15.9 Å². The molecule has 2 aliphatic heterocycles. The number of aliphatic imine (C=N–C) groups is 2. The molecule has 24 heavy (non-hydrogen) atoms. The minimum Gasteiger partial charge on any atom is -0.461 e. The van der Waals surface area contributed by atoms with Crippen molar-refractivity contribution in [3.05, 3.63) is 35.4 Å². The monoisotopic (exact) mass is 330 g/mol. The van der Waals surface area contributed by atoms with Gasteiger partial charge in [0, 0.05) is 12.7 Å². The Morgan fingerprint density at radius 1 is 1.42 bits per heavy atom. The molecule has 0 aliphatic carbocycles. The van der Waals surface area contributed by atoms with E-state index in [2.05, 4.69) is 15.3 Å². The van der Waals surface area contributed by atoms with Crippen LogP contribution in [0.2, 0.25) is 0 Å². The molecule has 1 N–H and O–H groups in total. The summed E-state index contributed by atoms with van der Waals surface area (Å²) in [6.45, 7) is 1.50. The largest absolute Gasteiger partial charge is 0.461 e. The fourth-order valence-electron chi connectivity index (χ4n) is 2.55. The molecule has 0 spiro atoms. The van der Waals surface area contributed by atoms with Crippen molar-refractivity contribution >= 4 is 24.2 Å². The van der Waals surface area contributed by atoms with Crippen molar-refractivity contribution < 1.29 is 19.1 Å².